The molecule has 9 heteroatoms. The van der Waals surface area contributed by atoms with Crippen molar-refractivity contribution >= 4 is 33.0 Å². The number of anilines is 1. The first-order chi connectivity index (χ1) is 12.8. The number of piperidine rings is 1. The Morgan fingerprint density at radius 3 is 2.52 bits per heavy atom. The number of nitrogens with zero attached hydrogens (tertiary/aromatic N) is 2. The molecule has 0 bridgehead atoms. The number of carbonyl (C=O) groups is 1. The minimum absolute atomic E-state index is 0.214. The smallest absolute Gasteiger partial charge is 0.253 e. The van der Waals surface area contributed by atoms with E-state index in [9.17, 15) is 17.6 Å². The first kappa shape index (κ1) is 19.8. The zero-order valence-electron chi connectivity index (χ0n) is 15.2. The normalized spacial score (nSPS) is 15.7. The summed E-state index contributed by atoms with van der Waals surface area (Å²) in [5.74, 6) is -0.678. The molecule has 3 rings (SSSR count). The van der Waals surface area contributed by atoms with E-state index >= 15 is 0 Å². The average molecular weight is 412 g/mol. The van der Waals surface area contributed by atoms with Crippen LogP contribution in [0.15, 0.2) is 39.9 Å². The second kappa shape index (κ2) is 7.95. The van der Waals surface area contributed by atoms with Crippen LogP contribution in [0.3, 0.4) is 0 Å². The maximum absolute atomic E-state index is 14.1. The predicted octanol–water partition coefficient (Wildman–Crippen LogP) is 2.54. The monoisotopic (exact) mass is 411 g/mol. The van der Waals surface area contributed by atoms with E-state index in [1.165, 1.54) is 17.4 Å². The maximum atomic E-state index is 14.1. The minimum Gasteiger partial charge on any atom is -0.375 e. The number of nitrogens with one attached hydrogen (secondary N) is 1. The predicted molar refractivity (Wildman–Crippen MR) is 104 cm³/mol. The SMILES string of the molecule is CN(C)c1ccc(C(=O)N2CCC(NS(=O)(=O)c3cccs3)CC2)cc1F. The first-order valence-corrected chi connectivity index (χ1v) is 11.0. The molecule has 0 atom stereocenters. The van der Waals surface area contributed by atoms with Crippen LogP contribution in [0, 0.1) is 5.82 Å². The standard InChI is InChI=1S/C18H22FN3O3S2/c1-21(2)16-6-5-13(12-15(16)19)18(23)22-9-7-14(8-10-22)20-27(24,25)17-4-3-11-26-17/h3-6,11-12,14,20H,7-10H2,1-2H3. The summed E-state index contributed by atoms with van der Waals surface area (Å²) in [5, 5.41) is 1.72. The molecule has 1 aromatic heterocycles. The van der Waals surface area contributed by atoms with E-state index in [1.54, 1.807) is 53.5 Å². The number of amides is 1. The van der Waals surface area contributed by atoms with E-state index in [4.69, 9.17) is 0 Å². The third kappa shape index (κ3) is 4.48. The van der Waals surface area contributed by atoms with Crippen LogP contribution in [-0.4, -0.2) is 52.5 Å². The summed E-state index contributed by atoms with van der Waals surface area (Å²) < 4.78 is 41.7. The minimum atomic E-state index is -3.51. The summed E-state index contributed by atoms with van der Waals surface area (Å²) in [6.45, 7) is 0.848. The van der Waals surface area contributed by atoms with E-state index in [-0.39, 0.29) is 16.2 Å². The van der Waals surface area contributed by atoms with Gasteiger partial charge in [-0.25, -0.2) is 17.5 Å². The Labute approximate surface area is 162 Å². The molecular formula is C18H22FN3O3S2. The number of carbonyl (C=O) groups excluding carboxylic acids is 1. The van der Waals surface area contributed by atoms with E-state index < -0.39 is 15.8 Å². The van der Waals surface area contributed by atoms with Crippen molar-refractivity contribution in [2.45, 2.75) is 23.1 Å². The quantitative estimate of drug-likeness (QED) is 0.821. The lowest BCUT2D eigenvalue weighted by atomic mass is 10.0. The number of halogens is 1. The highest BCUT2D eigenvalue weighted by Crippen LogP contribution is 2.22. The van der Waals surface area contributed by atoms with Gasteiger partial charge in [0.15, 0.2) is 0 Å². The lowest BCUT2D eigenvalue weighted by molar-refractivity contribution is 0.0711. The average Bonchev–Trinajstić information content (AvgIpc) is 3.17. The van der Waals surface area contributed by atoms with Crippen molar-refractivity contribution in [3.8, 4) is 0 Å². The van der Waals surface area contributed by atoms with Crippen LogP contribution in [0.1, 0.15) is 23.2 Å². The third-order valence-corrected chi connectivity index (χ3v) is 7.46. The topological polar surface area (TPSA) is 69.7 Å². The molecular weight excluding hydrogens is 389 g/mol. The highest BCUT2D eigenvalue weighted by atomic mass is 32.2. The van der Waals surface area contributed by atoms with Gasteiger partial charge in [-0.15, -0.1) is 11.3 Å². The molecule has 0 radical (unpaired) electrons. The van der Waals surface area contributed by atoms with Crippen LogP contribution in [-0.2, 0) is 10.0 Å². The van der Waals surface area contributed by atoms with E-state index in [0.717, 1.165) is 0 Å². The van der Waals surface area contributed by atoms with Crippen molar-refractivity contribution in [1.29, 1.82) is 0 Å². The summed E-state index contributed by atoms with van der Waals surface area (Å²) in [6.07, 6.45) is 1.04. The summed E-state index contributed by atoms with van der Waals surface area (Å²) in [4.78, 5) is 15.9. The fourth-order valence-electron chi connectivity index (χ4n) is 3.08. The van der Waals surface area contributed by atoms with Gasteiger partial charge in [0.1, 0.15) is 10.0 Å². The summed E-state index contributed by atoms with van der Waals surface area (Å²) >= 11 is 1.17. The molecule has 27 heavy (non-hydrogen) atoms. The van der Waals surface area contributed by atoms with Crippen molar-refractivity contribution in [1.82, 2.24) is 9.62 Å². The largest absolute Gasteiger partial charge is 0.375 e. The number of hydrogen-bond acceptors (Lipinski definition) is 5. The van der Waals surface area contributed by atoms with Crippen LogP contribution in [0.4, 0.5) is 10.1 Å². The second-order valence-electron chi connectivity index (χ2n) is 6.68. The number of likely N-dealkylation sites (tertiary alicyclic amines) is 1. The van der Waals surface area contributed by atoms with Gasteiger partial charge < -0.3 is 9.80 Å². The molecule has 2 heterocycles. The van der Waals surface area contributed by atoms with Gasteiger partial charge >= 0.3 is 0 Å². The molecule has 0 spiro atoms. The number of benzene rings is 1. The highest BCUT2D eigenvalue weighted by molar-refractivity contribution is 7.91. The summed E-state index contributed by atoms with van der Waals surface area (Å²) in [6, 6.07) is 7.51. The molecule has 1 aromatic carbocycles. The number of rotatable bonds is 5. The Kier molecular flexibility index (Phi) is 5.83. The molecule has 2 aromatic rings. The second-order valence-corrected chi connectivity index (χ2v) is 9.57. The fraction of sp³-hybridized carbons (Fsp3) is 0.389. The van der Waals surface area contributed by atoms with Gasteiger partial charge in [-0.1, -0.05) is 6.07 Å². The van der Waals surface area contributed by atoms with Crippen molar-refractivity contribution in [3.63, 3.8) is 0 Å². The molecule has 1 N–H and O–H groups in total. The van der Waals surface area contributed by atoms with Crippen molar-refractivity contribution in [2.24, 2.45) is 0 Å². The van der Waals surface area contributed by atoms with Gasteiger partial charge in [-0.3, -0.25) is 4.79 Å². The summed E-state index contributed by atoms with van der Waals surface area (Å²) in [5.41, 5.74) is 0.726. The fourth-order valence-corrected chi connectivity index (χ4v) is 5.39. The first-order valence-electron chi connectivity index (χ1n) is 8.60. The molecule has 1 amide bonds. The molecule has 6 nitrogen and oxygen atoms in total. The molecule has 0 aliphatic carbocycles. The van der Waals surface area contributed by atoms with Gasteiger partial charge in [0.2, 0.25) is 10.0 Å². The molecule has 1 fully saturated rings. The Hall–Kier alpha value is -1.97. The van der Waals surface area contributed by atoms with Gasteiger partial charge in [0.05, 0.1) is 5.69 Å². The van der Waals surface area contributed by atoms with Crippen LogP contribution in [0.2, 0.25) is 0 Å². The van der Waals surface area contributed by atoms with Crippen LogP contribution in [0.25, 0.3) is 0 Å². The van der Waals surface area contributed by atoms with E-state index in [1.807, 2.05) is 0 Å². The van der Waals surface area contributed by atoms with Gasteiger partial charge in [-0.05, 0) is 42.5 Å². The van der Waals surface area contributed by atoms with Crippen LogP contribution < -0.4 is 9.62 Å². The lowest BCUT2D eigenvalue weighted by Gasteiger charge is -2.32. The zero-order valence-corrected chi connectivity index (χ0v) is 16.8. The Morgan fingerprint density at radius 1 is 1.26 bits per heavy atom. The maximum Gasteiger partial charge on any atom is 0.253 e. The molecule has 1 aliphatic rings. The van der Waals surface area contributed by atoms with Gasteiger partial charge in [-0.2, -0.15) is 0 Å². The zero-order chi connectivity index (χ0) is 19.6. The lowest BCUT2D eigenvalue weighted by Crippen LogP contribution is -2.46. The molecule has 146 valence electrons. The van der Waals surface area contributed by atoms with E-state index in [2.05, 4.69) is 4.72 Å². The number of thiophene rings is 1. The van der Waals surface area contributed by atoms with Crippen LogP contribution in [0.5, 0.6) is 0 Å². The third-order valence-electron chi connectivity index (χ3n) is 4.54. The number of hydrogen-bond donors (Lipinski definition) is 1. The molecule has 1 aliphatic heterocycles. The Bertz CT molecular complexity index is 906. The molecule has 0 saturated carbocycles. The van der Waals surface area contributed by atoms with Gasteiger partial charge in [0.25, 0.3) is 5.91 Å². The number of sulfonamides is 1. The Morgan fingerprint density at radius 2 is 1.96 bits per heavy atom. The molecule has 0 unspecified atom stereocenters. The molecule has 1 saturated heterocycles. The van der Waals surface area contributed by atoms with Crippen molar-refractivity contribution in [3.05, 3.63) is 47.1 Å². The van der Waals surface area contributed by atoms with Crippen molar-refractivity contribution in [2.75, 3.05) is 32.1 Å². The van der Waals surface area contributed by atoms with Gasteiger partial charge in [0, 0.05) is 38.8 Å². The summed E-state index contributed by atoms with van der Waals surface area (Å²) in [7, 11) is -0.0381. The Balaban J connectivity index is 1.60. The van der Waals surface area contributed by atoms with E-state index in [0.29, 0.717) is 37.2 Å². The van der Waals surface area contributed by atoms with Crippen molar-refractivity contribution < 1.29 is 17.6 Å². The van der Waals surface area contributed by atoms with Crippen LogP contribution >= 0.6 is 11.3 Å². The highest BCUT2D eigenvalue weighted by Gasteiger charge is 2.27.